The number of nitriles is 1. The number of benzene rings is 2. The van der Waals surface area contributed by atoms with Gasteiger partial charge in [-0.1, -0.05) is 23.7 Å². The van der Waals surface area contributed by atoms with E-state index in [2.05, 4.69) is 16.4 Å². The summed E-state index contributed by atoms with van der Waals surface area (Å²) in [6.07, 6.45) is 3.34. The molecule has 0 bridgehead atoms. The first-order chi connectivity index (χ1) is 18.8. The van der Waals surface area contributed by atoms with Gasteiger partial charge in [-0.25, -0.2) is 9.78 Å². The quantitative estimate of drug-likeness (QED) is 0.523. The number of hydrogen-bond donors (Lipinski definition) is 1. The molecule has 2 aliphatic heterocycles. The van der Waals surface area contributed by atoms with Gasteiger partial charge in [-0.2, -0.15) is 5.26 Å². The first-order valence-corrected chi connectivity index (χ1v) is 13.0. The average molecular weight is 546 g/mol. The largest absolute Gasteiger partial charge is 0.490 e. The van der Waals surface area contributed by atoms with Crippen LogP contribution < -0.4 is 10.1 Å². The number of aryl methyl sites for hydroxylation is 1. The number of nitrogens with one attached hydrogen (secondary N) is 1. The second-order valence-electron chi connectivity index (χ2n) is 9.70. The summed E-state index contributed by atoms with van der Waals surface area (Å²) in [6, 6.07) is 13.0. The lowest BCUT2D eigenvalue weighted by Crippen LogP contribution is -2.55. The zero-order chi connectivity index (χ0) is 27.7. The fraction of sp³-hybridized carbons (Fsp3) is 0.321. The molecule has 0 aliphatic carbocycles. The lowest BCUT2D eigenvalue weighted by Gasteiger charge is -2.35. The van der Waals surface area contributed by atoms with Gasteiger partial charge in [-0.05, 0) is 49.7 Å². The predicted octanol–water partition coefficient (Wildman–Crippen LogP) is 3.83. The first-order valence-electron chi connectivity index (χ1n) is 12.6. The predicted molar refractivity (Wildman–Crippen MR) is 145 cm³/mol. The van der Waals surface area contributed by atoms with Gasteiger partial charge in [0.15, 0.2) is 0 Å². The van der Waals surface area contributed by atoms with Gasteiger partial charge in [0.25, 0.3) is 0 Å². The Morgan fingerprint density at radius 3 is 2.64 bits per heavy atom. The molecule has 2 aliphatic rings. The number of aliphatic imine (C=N–C) groups is 1. The minimum absolute atomic E-state index is 0.0637. The van der Waals surface area contributed by atoms with Crippen LogP contribution in [0.5, 0.6) is 5.75 Å². The molecule has 3 heterocycles. The molecule has 1 fully saturated rings. The highest BCUT2D eigenvalue weighted by Crippen LogP contribution is 2.44. The summed E-state index contributed by atoms with van der Waals surface area (Å²) in [4.78, 5) is 39.3. The van der Waals surface area contributed by atoms with Crippen molar-refractivity contribution in [3.63, 3.8) is 0 Å². The Hall–Kier alpha value is -4.36. The van der Waals surface area contributed by atoms with Crippen LogP contribution in [0.3, 0.4) is 0 Å². The summed E-state index contributed by atoms with van der Waals surface area (Å²) in [5.74, 6) is 1.25. The molecular formula is C28H28ClN7O3. The van der Waals surface area contributed by atoms with Crippen LogP contribution in [0.1, 0.15) is 48.4 Å². The normalized spacial score (nSPS) is 19.1. The summed E-state index contributed by atoms with van der Waals surface area (Å²) < 4.78 is 7.99. The van der Waals surface area contributed by atoms with Crippen LogP contribution in [0.4, 0.5) is 4.79 Å². The number of halogens is 1. The third-order valence-corrected chi connectivity index (χ3v) is 6.88. The van der Waals surface area contributed by atoms with E-state index in [0.29, 0.717) is 46.6 Å². The molecule has 0 saturated carbocycles. The number of amidine groups is 1. The standard InChI is InChI=1S/C28H28ClN7O3/c1-17(2)39-22-14-18(15-30)4-9-21(22)26-33-24(27-32-10-12-34(27)3)25(19-5-7-20(29)8-6-19)36(26)28(38)35-13-11-31-23(37)16-35/h4-10,12,14,17,24-25H,11,13,16H2,1-3H3,(H,31,37)/t24-,25-/m1/s1. The second kappa shape index (κ2) is 10.8. The van der Waals surface area contributed by atoms with Crippen molar-refractivity contribution < 1.29 is 14.3 Å². The van der Waals surface area contributed by atoms with Crippen molar-refractivity contribution in [1.82, 2.24) is 24.7 Å². The third kappa shape index (κ3) is 5.18. The summed E-state index contributed by atoms with van der Waals surface area (Å²) in [5.41, 5.74) is 1.79. The van der Waals surface area contributed by atoms with Crippen LogP contribution in [-0.2, 0) is 11.8 Å². The Kier molecular flexibility index (Phi) is 7.26. The summed E-state index contributed by atoms with van der Waals surface area (Å²) in [6.45, 7) is 4.44. The molecule has 5 rings (SSSR count). The SMILES string of the molecule is CC(C)Oc1cc(C#N)ccc1C1=N[C@@H](c2nccn2C)[C@@H](c2ccc(Cl)cc2)N1C(=O)N1CCNC(=O)C1. The van der Waals surface area contributed by atoms with Crippen LogP contribution >= 0.6 is 11.6 Å². The number of carbonyl (C=O) groups is 2. The molecule has 3 aromatic rings. The van der Waals surface area contributed by atoms with E-state index in [0.717, 1.165) is 5.56 Å². The number of aromatic nitrogens is 2. The lowest BCUT2D eigenvalue weighted by atomic mass is 9.98. The smallest absolute Gasteiger partial charge is 0.326 e. The van der Waals surface area contributed by atoms with Gasteiger partial charge in [-0.3, -0.25) is 14.7 Å². The third-order valence-electron chi connectivity index (χ3n) is 6.63. The van der Waals surface area contributed by atoms with Crippen molar-refractivity contribution in [3.8, 4) is 11.8 Å². The van der Waals surface area contributed by atoms with E-state index in [1.54, 1.807) is 41.4 Å². The molecule has 0 unspecified atom stereocenters. The minimum Gasteiger partial charge on any atom is -0.490 e. The van der Waals surface area contributed by atoms with Crippen LogP contribution in [0.2, 0.25) is 5.02 Å². The number of rotatable bonds is 5. The molecule has 1 N–H and O–H groups in total. The van der Waals surface area contributed by atoms with E-state index in [9.17, 15) is 14.9 Å². The second-order valence-corrected chi connectivity index (χ2v) is 10.1. The highest BCUT2D eigenvalue weighted by atomic mass is 35.5. The number of imidazole rings is 1. The van der Waals surface area contributed by atoms with Crippen molar-refractivity contribution >= 4 is 29.4 Å². The molecule has 10 nitrogen and oxygen atoms in total. The number of piperazine rings is 1. The highest BCUT2D eigenvalue weighted by molar-refractivity contribution is 6.30. The Morgan fingerprint density at radius 2 is 2.00 bits per heavy atom. The van der Waals surface area contributed by atoms with Gasteiger partial charge in [0.05, 0.1) is 29.3 Å². The van der Waals surface area contributed by atoms with E-state index < -0.39 is 12.1 Å². The maximum Gasteiger partial charge on any atom is 0.326 e. The van der Waals surface area contributed by atoms with Crippen LogP contribution in [-0.4, -0.2) is 62.9 Å². The Balaban J connectivity index is 1.71. The van der Waals surface area contributed by atoms with Gasteiger partial charge in [0, 0.05) is 37.6 Å². The number of urea groups is 1. The molecule has 1 saturated heterocycles. The maximum atomic E-state index is 14.3. The first kappa shape index (κ1) is 26.3. The van der Waals surface area contributed by atoms with Gasteiger partial charge in [0.1, 0.15) is 30.0 Å². The van der Waals surface area contributed by atoms with Crippen molar-refractivity contribution in [2.75, 3.05) is 19.6 Å². The van der Waals surface area contributed by atoms with Gasteiger partial charge < -0.3 is 19.5 Å². The minimum atomic E-state index is -0.585. The molecule has 0 radical (unpaired) electrons. The van der Waals surface area contributed by atoms with Crippen LogP contribution in [0, 0.1) is 11.3 Å². The van der Waals surface area contributed by atoms with Crippen molar-refractivity contribution in [2.24, 2.45) is 12.0 Å². The zero-order valence-electron chi connectivity index (χ0n) is 21.8. The summed E-state index contributed by atoms with van der Waals surface area (Å²) >= 11 is 6.22. The van der Waals surface area contributed by atoms with Crippen molar-refractivity contribution in [3.05, 3.63) is 82.4 Å². The summed E-state index contributed by atoms with van der Waals surface area (Å²) in [7, 11) is 1.88. The molecule has 2 aromatic carbocycles. The fourth-order valence-corrected chi connectivity index (χ4v) is 5.01. The molecule has 0 spiro atoms. The number of amides is 3. The van der Waals surface area contributed by atoms with E-state index in [1.807, 2.05) is 43.8 Å². The van der Waals surface area contributed by atoms with Gasteiger partial charge in [-0.15, -0.1) is 0 Å². The van der Waals surface area contributed by atoms with Gasteiger partial charge >= 0.3 is 6.03 Å². The number of hydrogen-bond acceptors (Lipinski definition) is 6. The zero-order valence-corrected chi connectivity index (χ0v) is 22.6. The molecule has 39 heavy (non-hydrogen) atoms. The molecule has 11 heteroatoms. The fourth-order valence-electron chi connectivity index (χ4n) is 4.88. The molecular weight excluding hydrogens is 518 g/mol. The van der Waals surface area contributed by atoms with E-state index in [4.69, 9.17) is 21.3 Å². The van der Waals surface area contributed by atoms with Crippen LogP contribution in [0.25, 0.3) is 0 Å². The molecule has 200 valence electrons. The van der Waals surface area contributed by atoms with Gasteiger partial charge in [0.2, 0.25) is 5.91 Å². The van der Waals surface area contributed by atoms with E-state index >= 15 is 0 Å². The number of ether oxygens (including phenoxy) is 1. The Bertz CT molecular complexity index is 1480. The monoisotopic (exact) mass is 545 g/mol. The molecule has 2 atom stereocenters. The average Bonchev–Trinajstić information content (AvgIpc) is 3.51. The lowest BCUT2D eigenvalue weighted by molar-refractivity contribution is -0.123. The molecule has 1 aromatic heterocycles. The Morgan fingerprint density at radius 1 is 1.23 bits per heavy atom. The van der Waals surface area contributed by atoms with Crippen molar-refractivity contribution in [1.29, 1.82) is 5.26 Å². The topological polar surface area (TPSA) is 116 Å². The Labute approximate surface area is 231 Å². The number of carbonyl (C=O) groups excluding carboxylic acids is 2. The van der Waals surface area contributed by atoms with Crippen molar-refractivity contribution in [2.45, 2.75) is 32.0 Å². The number of nitrogens with zero attached hydrogens (tertiary/aromatic N) is 6. The highest BCUT2D eigenvalue weighted by Gasteiger charge is 2.46. The summed E-state index contributed by atoms with van der Waals surface area (Å²) in [5, 5.41) is 12.9. The van der Waals surface area contributed by atoms with E-state index in [-0.39, 0.29) is 24.6 Å². The molecule has 3 amide bonds. The maximum absolute atomic E-state index is 14.3. The van der Waals surface area contributed by atoms with Crippen LogP contribution in [0.15, 0.2) is 59.9 Å². The van der Waals surface area contributed by atoms with E-state index in [1.165, 1.54) is 4.90 Å².